The van der Waals surface area contributed by atoms with Gasteiger partial charge >= 0.3 is 0 Å². The molecule has 0 aliphatic rings. The molecule has 1 amide bonds. The summed E-state index contributed by atoms with van der Waals surface area (Å²) in [6.45, 7) is 1.97. The van der Waals surface area contributed by atoms with E-state index in [1.54, 1.807) is 24.4 Å². The minimum atomic E-state index is -0.191. The second kappa shape index (κ2) is 6.17. The van der Waals surface area contributed by atoms with Crippen molar-refractivity contribution in [3.8, 4) is 0 Å². The van der Waals surface area contributed by atoms with Crippen LogP contribution in [0.25, 0.3) is 0 Å². The van der Waals surface area contributed by atoms with Crippen molar-refractivity contribution >= 4 is 23.1 Å². The SMILES string of the molecule is CCC(CC(N)=S)NC(=O)c1ccccn1. The van der Waals surface area contributed by atoms with Gasteiger partial charge in [0.15, 0.2) is 0 Å². The van der Waals surface area contributed by atoms with E-state index >= 15 is 0 Å². The molecular weight excluding hydrogens is 222 g/mol. The van der Waals surface area contributed by atoms with Gasteiger partial charge in [-0.2, -0.15) is 0 Å². The van der Waals surface area contributed by atoms with Gasteiger partial charge in [0.25, 0.3) is 5.91 Å². The van der Waals surface area contributed by atoms with E-state index in [-0.39, 0.29) is 11.9 Å². The summed E-state index contributed by atoms with van der Waals surface area (Å²) in [5, 5.41) is 2.85. The van der Waals surface area contributed by atoms with Gasteiger partial charge in [0, 0.05) is 18.7 Å². The van der Waals surface area contributed by atoms with Crippen LogP contribution >= 0.6 is 12.2 Å². The molecule has 5 heteroatoms. The zero-order chi connectivity index (χ0) is 12.0. The smallest absolute Gasteiger partial charge is 0.270 e. The maximum atomic E-state index is 11.7. The Morgan fingerprint density at radius 2 is 2.38 bits per heavy atom. The van der Waals surface area contributed by atoms with Gasteiger partial charge in [0.1, 0.15) is 5.69 Å². The van der Waals surface area contributed by atoms with E-state index in [4.69, 9.17) is 18.0 Å². The summed E-state index contributed by atoms with van der Waals surface area (Å²) in [5.41, 5.74) is 5.85. The van der Waals surface area contributed by atoms with E-state index in [1.165, 1.54) is 0 Å². The van der Waals surface area contributed by atoms with Crippen molar-refractivity contribution in [3.63, 3.8) is 0 Å². The molecule has 16 heavy (non-hydrogen) atoms. The molecule has 0 aliphatic carbocycles. The molecule has 0 radical (unpaired) electrons. The molecule has 0 spiro atoms. The second-order valence-corrected chi connectivity index (χ2v) is 3.99. The second-order valence-electron chi connectivity index (χ2n) is 3.46. The Labute approximate surface area is 100 Å². The van der Waals surface area contributed by atoms with Crippen molar-refractivity contribution in [1.29, 1.82) is 0 Å². The van der Waals surface area contributed by atoms with Crippen LogP contribution in [0.5, 0.6) is 0 Å². The number of carbonyl (C=O) groups is 1. The lowest BCUT2D eigenvalue weighted by molar-refractivity contribution is 0.0932. The van der Waals surface area contributed by atoms with Crippen molar-refractivity contribution in [2.45, 2.75) is 25.8 Å². The summed E-state index contributed by atoms with van der Waals surface area (Å²) in [7, 11) is 0. The number of amides is 1. The van der Waals surface area contributed by atoms with E-state index in [2.05, 4.69) is 10.3 Å². The van der Waals surface area contributed by atoms with E-state index in [9.17, 15) is 4.79 Å². The Kier molecular flexibility index (Phi) is 4.85. The van der Waals surface area contributed by atoms with Gasteiger partial charge in [-0.3, -0.25) is 9.78 Å². The van der Waals surface area contributed by atoms with Crippen LogP contribution in [0.2, 0.25) is 0 Å². The van der Waals surface area contributed by atoms with Crippen LogP contribution in [0.3, 0.4) is 0 Å². The van der Waals surface area contributed by atoms with E-state index in [0.29, 0.717) is 17.1 Å². The molecule has 0 saturated heterocycles. The highest BCUT2D eigenvalue weighted by atomic mass is 32.1. The zero-order valence-corrected chi connectivity index (χ0v) is 9.96. The minimum Gasteiger partial charge on any atom is -0.393 e. The van der Waals surface area contributed by atoms with E-state index in [1.807, 2.05) is 6.92 Å². The standard InChI is InChI=1S/C11H15N3OS/c1-2-8(7-10(12)16)14-11(15)9-5-3-4-6-13-9/h3-6,8H,2,7H2,1H3,(H2,12,16)(H,14,15). The highest BCUT2D eigenvalue weighted by Gasteiger charge is 2.13. The monoisotopic (exact) mass is 237 g/mol. The third-order valence-electron chi connectivity index (χ3n) is 2.17. The largest absolute Gasteiger partial charge is 0.393 e. The normalized spacial score (nSPS) is 11.8. The predicted molar refractivity (Wildman–Crippen MR) is 67.2 cm³/mol. The van der Waals surface area contributed by atoms with Crippen LogP contribution in [-0.2, 0) is 0 Å². The number of nitrogens with one attached hydrogen (secondary N) is 1. The number of nitrogens with zero attached hydrogens (tertiary/aromatic N) is 1. The first kappa shape index (κ1) is 12.6. The molecular formula is C11H15N3OS. The molecule has 4 nitrogen and oxygen atoms in total. The minimum absolute atomic E-state index is 0.0213. The number of pyridine rings is 1. The summed E-state index contributed by atoms with van der Waals surface area (Å²) in [6, 6.07) is 5.19. The van der Waals surface area contributed by atoms with Crippen LogP contribution in [0.4, 0.5) is 0 Å². The fraction of sp³-hybridized carbons (Fsp3) is 0.364. The average Bonchev–Trinajstić information content (AvgIpc) is 2.28. The molecule has 0 fully saturated rings. The third-order valence-corrected chi connectivity index (χ3v) is 2.34. The van der Waals surface area contributed by atoms with Crippen molar-refractivity contribution in [3.05, 3.63) is 30.1 Å². The van der Waals surface area contributed by atoms with Gasteiger partial charge in [0.2, 0.25) is 0 Å². The van der Waals surface area contributed by atoms with Crippen LogP contribution in [-0.4, -0.2) is 21.9 Å². The fourth-order valence-corrected chi connectivity index (χ4v) is 1.50. The number of carbonyl (C=O) groups excluding carboxylic acids is 1. The Morgan fingerprint density at radius 1 is 1.62 bits per heavy atom. The van der Waals surface area contributed by atoms with E-state index in [0.717, 1.165) is 6.42 Å². The molecule has 1 aromatic heterocycles. The van der Waals surface area contributed by atoms with Crippen LogP contribution in [0, 0.1) is 0 Å². The lowest BCUT2D eigenvalue weighted by Crippen LogP contribution is -2.37. The van der Waals surface area contributed by atoms with Gasteiger partial charge in [-0.1, -0.05) is 25.2 Å². The topological polar surface area (TPSA) is 68.0 Å². The van der Waals surface area contributed by atoms with Crippen molar-refractivity contribution < 1.29 is 4.79 Å². The molecule has 1 unspecified atom stereocenters. The number of thiocarbonyl (C=S) groups is 1. The average molecular weight is 237 g/mol. The molecule has 3 N–H and O–H groups in total. The van der Waals surface area contributed by atoms with E-state index < -0.39 is 0 Å². The molecule has 0 bridgehead atoms. The first-order valence-electron chi connectivity index (χ1n) is 5.13. The van der Waals surface area contributed by atoms with Crippen LogP contribution in [0.15, 0.2) is 24.4 Å². The molecule has 0 saturated carbocycles. The van der Waals surface area contributed by atoms with Crippen LogP contribution in [0.1, 0.15) is 30.3 Å². The molecule has 1 aromatic rings. The maximum Gasteiger partial charge on any atom is 0.270 e. The van der Waals surface area contributed by atoms with Crippen molar-refractivity contribution in [2.24, 2.45) is 5.73 Å². The Balaban J connectivity index is 2.59. The highest BCUT2D eigenvalue weighted by molar-refractivity contribution is 7.80. The summed E-state index contributed by atoms with van der Waals surface area (Å²) < 4.78 is 0. The predicted octanol–water partition coefficient (Wildman–Crippen LogP) is 1.27. The maximum absolute atomic E-state index is 11.7. The first-order valence-corrected chi connectivity index (χ1v) is 5.54. The number of aromatic nitrogens is 1. The lowest BCUT2D eigenvalue weighted by Gasteiger charge is -2.15. The first-order chi connectivity index (χ1) is 7.63. The molecule has 0 aliphatic heterocycles. The van der Waals surface area contributed by atoms with Crippen LogP contribution < -0.4 is 11.1 Å². The van der Waals surface area contributed by atoms with Crippen molar-refractivity contribution in [2.75, 3.05) is 0 Å². The van der Waals surface area contributed by atoms with Gasteiger partial charge < -0.3 is 11.1 Å². The fourth-order valence-electron chi connectivity index (χ4n) is 1.30. The van der Waals surface area contributed by atoms with Crippen molar-refractivity contribution in [1.82, 2.24) is 10.3 Å². The Hall–Kier alpha value is -1.49. The Bertz CT molecular complexity index is 367. The highest BCUT2D eigenvalue weighted by Crippen LogP contribution is 2.00. The zero-order valence-electron chi connectivity index (χ0n) is 9.14. The lowest BCUT2D eigenvalue weighted by atomic mass is 10.1. The molecule has 1 atom stereocenters. The molecule has 86 valence electrons. The molecule has 1 rings (SSSR count). The third kappa shape index (κ3) is 3.94. The Morgan fingerprint density at radius 3 is 2.88 bits per heavy atom. The summed E-state index contributed by atoms with van der Waals surface area (Å²) in [6.07, 6.45) is 2.89. The van der Waals surface area contributed by atoms with Gasteiger partial charge in [-0.15, -0.1) is 0 Å². The molecule has 1 heterocycles. The van der Waals surface area contributed by atoms with Gasteiger partial charge in [0.05, 0.1) is 4.99 Å². The number of hydrogen-bond donors (Lipinski definition) is 2. The van der Waals surface area contributed by atoms with Gasteiger partial charge in [-0.05, 0) is 18.6 Å². The summed E-state index contributed by atoms with van der Waals surface area (Å²) in [5.74, 6) is -0.191. The number of nitrogens with two attached hydrogens (primary N) is 1. The number of rotatable bonds is 5. The summed E-state index contributed by atoms with van der Waals surface area (Å²) >= 11 is 4.82. The van der Waals surface area contributed by atoms with Gasteiger partial charge in [-0.25, -0.2) is 0 Å². The molecule has 0 aromatic carbocycles. The quantitative estimate of drug-likeness (QED) is 0.757. The summed E-state index contributed by atoms with van der Waals surface area (Å²) in [4.78, 5) is 16.1. The number of hydrogen-bond acceptors (Lipinski definition) is 3.